The summed E-state index contributed by atoms with van der Waals surface area (Å²) in [5, 5.41) is 30.6. The Balaban J connectivity index is 2.31. The van der Waals surface area contributed by atoms with Crippen LogP contribution in [0.1, 0.15) is 22.8 Å². The standard InChI is InChI=1S/C16H16O6/c1-16(7-17)6-9-3-8-4-10(21-2)5-11(18)12(8)14(19)13(9)15(20)22-16/h3-5,17-19H,6-7H2,1-2H3/t16-/m0/s1. The van der Waals surface area contributed by atoms with Crippen LogP contribution in [0.5, 0.6) is 17.2 Å². The molecule has 0 fully saturated rings. The van der Waals surface area contributed by atoms with Crippen LogP contribution in [0.2, 0.25) is 0 Å². The Morgan fingerprint density at radius 1 is 1.32 bits per heavy atom. The Labute approximate surface area is 126 Å². The molecule has 1 aliphatic heterocycles. The van der Waals surface area contributed by atoms with Crippen molar-refractivity contribution in [1.82, 2.24) is 0 Å². The lowest BCUT2D eigenvalue weighted by molar-refractivity contribution is -0.0423. The Morgan fingerprint density at radius 2 is 2.05 bits per heavy atom. The Bertz CT molecular complexity index is 782. The first-order chi connectivity index (χ1) is 10.4. The highest BCUT2D eigenvalue weighted by Crippen LogP contribution is 2.43. The highest BCUT2D eigenvalue weighted by Gasteiger charge is 2.38. The zero-order chi connectivity index (χ0) is 16.1. The molecule has 0 saturated carbocycles. The number of carbonyl (C=O) groups is 1. The van der Waals surface area contributed by atoms with Crippen molar-refractivity contribution in [1.29, 1.82) is 0 Å². The zero-order valence-corrected chi connectivity index (χ0v) is 12.2. The summed E-state index contributed by atoms with van der Waals surface area (Å²) >= 11 is 0. The van der Waals surface area contributed by atoms with Gasteiger partial charge in [0.1, 0.15) is 28.4 Å². The number of fused-ring (bicyclic) bond motifs is 2. The Hall–Kier alpha value is -2.47. The number of cyclic esters (lactones) is 1. The molecule has 116 valence electrons. The third kappa shape index (κ3) is 2.03. The number of esters is 1. The van der Waals surface area contributed by atoms with Crippen LogP contribution >= 0.6 is 0 Å². The number of aromatic hydroxyl groups is 2. The van der Waals surface area contributed by atoms with E-state index >= 15 is 0 Å². The topological polar surface area (TPSA) is 96.2 Å². The summed E-state index contributed by atoms with van der Waals surface area (Å²) in [6.07, 6.45) is 0.270. The molecule has 2 aromatic carbocycles. The third-order valence-corrected chi connectivity index (χ3v) is 3.92. The second-order valence-corrected chi connectivity index (χ2v) is 5.68. The van der Waals surface area contributed by atoms with Crippen molar-refractivity contribution in [3.05, 3.63) is 29.3 Å². The fourth-order valence-electron chi connectivity index (χ4n) is 2.82. The Morgan fingerprint density at radius 3 is 2.68 bits per heavy atom. The predicted octanol–water partition coefficient (Wildman–Crippen LogP) is 1.72. The molecule has 3 N–H and O–H groups in total. The van der Waals surface area contributed by atoms with Gasteiger partial charge in [-0.3, -0.25) is 0 Å². The maximum absolute atomic E-state index is 12.2. The van der Waals surface area contributed by atoms with Gasteiger partial charge in [-0.1, -0.05) is 0 Å². The Kier molecular flexibility index (Phi) is 3.14. The molecule has 22 heavy (non-hydrogen) atoms. The summed E-state index contributed by atoms with van der Waals surface area (Å²) in [4.78, 5) is 12.2. The molecule has 0 unspecified atom stereocenters. The van der Waals surface area contributed by atoms with E-state index < -0.39 is 11.6 Å². The fraction of sp³-hybridized carbons (Fsp3) is 0.312. The first-order valence-electron chi connectivity index (χ1n) is 6.78. The van der Waals surface area contributed by atoms with E-state index in [9.17, 15) is 20.1 Å². The van der Waals surface area contributed by atoms with Crippen LogP contribution in [0.3, 0.4) is 0 Å². The lowest BCUT2D eigenvalue weighted by atomic mass is 9.87. The van der Waals surface area contributed by atoms with E-state index in [1.165, 1.54) is 13.2 Å². The van der Waals surface area contributed by atoms with E-state index in [0.717, 1.165) is 0 Å². The number of aliphatic hydroxyl groups excluding tert-OH is 1. The fourth-order valence-corrected chi connectivity index (χ4v) is 2.82. The van der Waals surface area contributed by atoms with Crippen molar-refractivity contribution in [2.75, 3.05) is 13.7 Å². The van der Waals surface area contributed by atoms with E-state index in [4.69, 9.17) is 9.47 Å². The number of methoxy groups -OCH3 is 1. The molecule has 1 aliphatic rings. The van der Waals surface area contributed by atoms with Gasteiger partial charge in [0.15, 0.2) is 0 Å². The second kappa shape index (κ2) is 4.78. The highest BCUT2D eigenvalue weighted by atomic mass is 16.6. The first-order valence-corrected chi connectivity index (χ1v) is 6.78. The molecule has 6 heteroatoms. The third-order valence-electron chi connectivity index (χ3n) is 3.92. The molecule has 0 aromatic heterocycles. The first kappa shape index (κ1) is 14.5. The van der Waals surface area contributed by atoms with Crippen LogP contribution in [-0.2, 0) is 11.2 Å². The maximum Gasteiger partial charge on any atom is 0.342 e. The molecule has 3 rings (SSSR count). The quantitative estimate of drug-likeness (QED) is 0.731. The molecular formula is C16H16O6. The van der Waals surface area contributed by atoms with Crippen LogP contribution in [0.15, 0.2) is 18.2 Å². The number of rotatable bonds is 2. The van der Waals surface area contributed by atoms with Crippen LogP contribution in [-0.4, -0.2) is 40.6 Å². The van der Waals surface area contributed by atoms with Gasteiger partial charge in [0.05, 0.1) is 19.1 Å². The van der Waals surface area contributed by atoms with E-state index in [1.807, 2.05) is 0 Å². The van der Waals surface area contributed by atoms with Crippen molar-refractivity contribution < 1.29 is 29.6 Å². The van der Waals surface area contributed by atoms with Crippen LogP contribution in [0, 0.1) is 0 Å². The summed E-state index contributed by atoms with van der Waals surface area (Å²) in [6.45, 7) is 1.30. The van der Waals surface area contributed by atoms with Crippen LogP contribution < -0.4 is 4.74 Å². The van der Waals surface area contributed by atoms with Gasteiger partial charge < -0.3 is 24.8 Å². The summed E-state index contributed by atoms with van der Waals surface area (Å²) in [5.74, 6) is -0.782. The number of hydrogen-bond acceptors (Lipinski definition) is 6. The van der Waals surface area contributed by atoms with Gasteiger partial charge in [-0.2, -0.15) is 0 Å². The van der Waals surface area contributed by atoms with Crippen LogP contribution in [0.25, 0.3) is 10.8 Å². The number of ether oxygens (including phenoxy) is 2. The van der Waals surface area contributed by atoms with Gasteiger partial charge in [-0.15, -0.1) is 0 Å². The average Bonchev–Trinajstić information content (AvgIpc) is 2.45. The van der Waals surface area contributed by atoms with Gasteiger partial charge in [-0.25, -0.2) is 4.79 Å². The lowest BCUT2D eigenvalue weighted by Gasteiger charge is -2.33. The molecule has 2 aromatic rings. The number of phenols is 2. The molecule has 0 aliphatic carbocycles. The van der Waals surface area contributed by atoms with Crippen molar-refractivity contribution in [3.63, 3.8) is 0 Å². The smallest absolute Gasteiger partial charge is 0.342 e. The van der Waals surface area contributed by atoms with Crippen LogP contribution in [0.4, 0.5) is 0 Å². The van der Waals surface area contributed by atoms with E-state index in [2.05, 4.69) is 0 Å². The molecule has 0 radical (unpaired) electrons. The molecular weight excluding hydrogens is 288 g/mol. The summed E-state index contributed by atoms with van der Waals surface area (Å²) in [5.41, 5.74) is -0.435. The predicted molar refractivity (Wildman–Crippen MR) is 78.4 cm³/mol. The maximum atomic E-state index is 12.2. The van der Waals surface area contributed by atoms with Gasteiger partial charge in [0.25, 0.3) is 0 Å². The van der Waals surface area contributed by atoms with Crippen molar-refractivity contribution in [2.45, 2.75) is 18.9 Å². The van der Waals surface area contributed by atoms with Crippen molar-refractivity contribution in [2.24, 2.45) is 0 Å². The second-order valence-electron chi connectivity index (χ2n) is 5.68. The molecule has 0 spiro atoms. The molecule has 1 heterocycles. The SMILES string of the molecule is COc1cc(O)c2c(O)c3c(cc2c1)C[C@@](C)(CO)OC3=O. The van der Waals surface area contributed by atoms with Gasteiger partial charge >= 0.3 is 5.97 Å². The van der Waals surface area contributed by atoms with Gasteiger partial charge in [0, 0.05) is 12.5 Å². The van der Waals surface area contributed by atoms with E-state index in [1.54, 1.807) is 19.1 Å². The van der Waals surface area contributed by atoms with E-state index in [-0.39, 0.29) is 35.5 Å². The normalized spacial score (nSPS) is 20.6. The summed E-state index contributed by atoms with van der Waals surface area (Å²) < 4.78 is 10.3. The summed E-state index contributed by atoms with van der Waals surface area (Å²) in [7, 11) is 1.47. The lowest BCUT2D eigenvalue weighted by Crippen LogP contribution is -2.42. The number of benzene rings is 2. The minimum atomic E-state index is -1.02. The minimum Gasteiger partial charge on any atom is -0.507 e. The molecule has 0 bridgehead atoms. The minimum absolute atomic E-state index is 0.0268. The summed E-state index contributed by atoms with van der Waals surface area (Å²) in [6, 6.07) is 4.71. The highest BCUT2D eigenvalue weighted by molar-refractivity contribution is 6.06. The van der Waals surface area contributed by atoms with E-state index in [0.29, 0.717) is 16.7 Å². The zero-order valence-electron chi connectivity index (χ0n) is 12.2. The molecule has 6 nitrogen and oxygen atoms in total. The number of carbonyl (C=O) groups excluding carboxylic acids is 1. The molecule has 1 atom stereocenters. The van der Waals surface area contributed by atoms with Gasteiger partial charge in [0.2, 0.25) is 0 Å². The number of phenolic OH excluding ortho intramolecular Hbond substituents is 2. The number of aliphatic hydroxyl groups is 1. The average molecular weight is 304 g/mol. The molecule has 0 amide bonds. The van der Waals surface area contributed by atoms with Crippen molar-refractivity contribution in [3.8, 4) is 17.2 Å². The number of hydrogen-bond donors (Lipinski definition) is 3. The monoisotopic (exact) mass is 304 g/mol. The van der Waals surface area contributed by atoms with Gasteiger partial charge in [-0.05, 0) is 30.0 Å². The van der Waals surface area contributed by atoms with Crippen molar-refractivity contribution >= 4 is 16.7 Å². The largest absolute Gasteiger partial charge is 0.507 e. The molecule has 0 saturated heterocycles.